The van der Waals surface area contributed by atoms with Gasteiger partial charge in [-0.2, -0.15) is 0 Å². The summed E-state index contributed by atoms with van der Waals surface area (Å²) in [4.78, 5) is 10.3. The fourth-order valence-electron chi connectivity index (χ4n) is 4.63. The van der Waals surface area contributed by atoms with Crippen LogP contribution in [0, 0.1) is 0 Å². The van der Waals surface area contributed by atoms with Crippen LogP contribution in [-0.4, -0.2) is 17.6 Å². The maximum Gasteiger partial charge on any atom is 0.303 e. The van der Waals surface area contributed by atoms with E-state index in [1.54, 1.807) is 0 Å². The zero-order valence-corrected chi connectivity index (χ0v) is 24.4. The van der Waals surface area contributed by atoms with E-state index in [1.165, 1.54) is 161 Å². The lowest BCUT2D eigenvalue weighted by atomic mass is 10.0. The Balaban J connectivity index is 0. The Morgan fingerprint density at radius 2 is 0.657 bits per heavy atom. The smallest absolute Gasteiger partial charge is 0.303 e. The molecular weight excluding hydrogens is 430 g/mol. The van der Waals surface area contributed by atoms with E-state index < -0.39 is 5.97 Å². The molecule has 0 aromatic rings. The Bertz CT molecular complexity index is 361. The molecule has 0 saturated carbocycles. The Morgan fingerprint density at radius 3 is 0.886 bits per heavy atom. The van der Waals surface area contributed by atoms with E-state index in [0.29, 0.717) is 6.42 Å². The molecule has 0 aliphatic carbocycles. The van der Waals surface area contributed by atoms with E-state index in [2.05, 4.69) is 13.8 Å². The number of hydrogen-bond acceptors (Lipinski definition) is 2. The van der Waals surface area contributed by atoms with Crippen LogP contribution in [0.3, 0.4) is 0 Å². The molecule has 0 heterocycles. The summed E-state index contributed by atoms with van der Waals surface area (Å²) >= 11 is 0. The first kappa shape index (κ1) is 36.6. The number of aliphatic carboxylic acids is 1. The van der Waals surface area contributed by atoms with Gasteiger partial charge in [-0.1, -0.05) is 174 Å². The van der Waals surface area contributed by atoms with Crippen LogP contribution in [-0.2, 0) is 4.79 Å². The van der Waals surface area contributed by atoms with Crippen LogP contribution >= 0.6 is 0 Å². The van der Waals surface area contributed by atoms with Gasteiger partial charge in [0.1, 0.15) is 0 Å². The summed E-state index contributed by atoms with van der Waals surface area (Å²) in [6, 6.07) is 0. The van der Waals surface area contributed by atoms with Crippen molar-refractivity contribution in [1.82, 2.24) is 0 Å². The molecule has 3 N–H and O–H groups in total. The molecular formula is C32H67NO2. The summed E-state index contributed by atoms with van der Waals surface area (Å²) in [5, 5.41) is 8.52. The van der Waals surface area contributed by atoms with Gasteiger partial charge in [0.2, 0.25) is 0 Å². The highest BCUT2D eigenvalue weighted by Crippen LogP contribution is 2.14. The molecule has 0 aromatic heterocycles. The average molecular weight is 498 g/mol. The highest BCUT2D eigenvalue weighted by molar-refractivity contribution is 5.66. The van der Waals surface area contributed by atoms with Gasteiger partial charge in [-0.15, -0.1) is 0 Å². The van der Waals surface area contributed by atoms with Crippen molar-refractivity contribution in [2.45, 2.75) is 194 Å². The van der Waals surface area contributed by atoms with Crippen LogP contribution in [0.15, 0.2) is 0 Å². The van der Waals surface area contributed by atoms with E-state index in [-0.39, 0.29) is 0 Å². The van der Waals surface area contributed by atoms with Crippen molar-refractivity contribution in [2.24, 2.45) is 5.73 Å². The standard InChI is InChI=1S/C18H36O2.C14H31N/c1-2-3-4-5-6-7-8-9-10-11-12-13-14-15-16-17-18(19)20;1-2-3-4-5-6-7-8-9-10-11-12-13-14-15/h2-17H2,1H3,(H,19,20);2-15H2,1H3. The van der Waals surface area contributed by atoms with Gasteiger partial charge in [0.15, 0.2) is 0 Å². The van der Waals surface area contributed by atoms with Crippen molar-refractivity contribution >= 4 is 5.97 Å². The summed E-state index contributed by atoms with van der Waals surface area (Å²) in [5.74, 6) is -0.653. The van der Waals surface area contributed by atoms with E-state index in [9.17, 15) is 4.79 Å². The van der Waals surface area contributed by atoms with Gasteiger partial charge in [0, 0.05) is 6.42 Å². The first-order valence-electron chi connectivity index (χ1n) is 16.1. The van der Waals surface area contributed by atoms with Crippen LogP contribution in [0.4, 0.5) is 0 Å². The fourth-order valence-corrected chi connectivity index (χ4v) is 4.63. The topological polar surface area (TPSA) is 63.3 Å². The van der Waals surface area contributed by atoms with Crippen LogP contribution in [0.25, 0.3) is 0 Å². The molecule has 0 aromatic carbocycles. The largest absolute Gasteiger partial charge is 0.481 e. The van der Waals surface area contributed by atoms with Gasteiger partial charge in [-0.25, -0.2) is 0 Å². The zero-order valence-electron chi connectivity index (χ0n) is 24.4. The van der Waals surface area contributed by atoms with Crippen molar-refractivity contribution in [2.75, 3.05) is 6.54 Å². The molecule has 3 heteroatoms. The molecule has 3 nitrogen and oxygen atoms in total. The number of carbonyl (C=O) groups is 1. The lowest BCUT2D eigenvalue weighted by molar-refractivity contribution is -0.137. The maximum atomic E-state index is 10.3. The minimum Gasteiger partial charge on any atom is -0.481 e. The molecule has 0 fully saturated rings. The summed E-state index contributed by atoms with van der Waals surface area (Å²) in [6.07, 6.45) is 37.1. The lowest BCUT2D eigenvalue weighted by Gasteiger charge is -2.03. The van der Waals surface area contributed by atoms with E-state index in [4.69, 9.17) is 10.8 Å². The molecule has 0 radical (unpaired) electrons. The predicted octanol–water partition coefficient (Wildman–Crippen LogP) is 11.0. The van der Waals surface area contributed by atoms with Gasteiger partial charge >= 0.3 is 5.97 Å². The number of rotatable bonds is 28. The minimum atomic E-state index is -0.653. The minimum absolute atomic E-state index is 0.345. The molecule has 0 aliphatic rings. The molecule has 0 amide bonds. The number of carboxylic acid groups (broad SMARTS) is 1. The van der Waals surface area contributed by atoms with Crippen LogP contribution in [0.5, 0.6) is 0 Å². The number of unbranched alkanes of at least 4 members (excludes halogenated alkanes) is 25. The van der Waals surface area contributed by atoms with Gasteiger partial charge in [-0.3, -0.25) is 4.79 Å². The third-order valence-electron chi connectivity index (χ3n) is 7.05. The lowest BCUT2D eigenvalue weighted by Crippen LogP contribution is -1.97. The van der Waals surface area contributed by atoms with Crippen molar-refractivity contribution in [3.8, 4) is 0 Å². The third kappa shape index (κ3) is 40.9. The van der Waals surface area contributed by atoms with Crippen molar-refractivity contribution in [3.05, 3.63) is 0 Å². The average Bonchev–Trinajstić information content (AvgIpc) is 2.85. The molecule has 212 valence electrons. The van der Waals surface area contributed by atoms with Crippen molar-refractivity contribution < 1.29 is 9.90 Å². The Kier molecular flexibility index (Phi) is 37.2. The highest BCUT2D eigenvalue weighted by Gasteiger charge is 1.97. The number of carboxylic acids is 1. The predicted molar refractivity (Wildman–Crippen MR) is 157 cm³/mol. The molecule has 0 bridgehead atoms. The molecule has 0 rings (SSSR count). The second-order valence-corrected chi connectivity index (χ2v) is 10.8. The molecule has 0 spiro atoms. The van der Waals surface area contributed by atoms with Crippen LogP contribution in [0.2, 0.25) is 0 Å². The highest BCUT2D eigenvalue weighted by atomic mass is 16.4. The Hall–Kier alpha value is -0.570. The first-order chi connectivity index (χ1) is 17.2. The van der Waals surface area contributed by atoms with Gasteiger partial charge in [0.25, 0.3) is 0 Å². The SMILES string of the molecule is CCCCCCCCCCCCCCCCCC(=O)O.CCCCCCCCCCCCCCN. The summed E-state index contributed by atoms with van der Waals surface area (Å²) < 4.78 is 0. The van der Waals surface area contributed by atoms with Crippen molar-refractivity contribution in [3.63, 3.8) is 0 Å². The van der Waals surface area contributed by atoms with Gasteiger partial charge in [0.05, 0.1) is 0 Å². The Labute approximate surface area is 221 Å². The van der Waals surface area contributed by atoms with E-state index >= 15 is 0 Å². The Morgan fingerprint density at radius 1 is 0.429 bits per heavy atom. The second-order valence-electron chi connectivity index (χ2n) is 10.8. The quantitative estimate of drug-likeness (QED) is 0.106. The van der Waals surface area contributed by atoms with Gasteiger partial charge in [-0.05, 0) is 19.4 Å². The fraction of sp³-hybridized carbons (Fsp3) is 0.969. The summed E-state index contributed by atoms with van der Waals surface area (Å²) in [6.45, 7) is 5.42. The molecule has 0 saturated heterocycles. The summed E-state index contributed by atoms with van der Waals surface area (Å²) in [7, 11) is 0. The van der Waals surface area contributed by atoms with E-state index in [1.807, 2.05) is 0 Å². The molecule has 35 heavy (non-hydrogen) atoms. The van der Waals surface area contributed by atoms with Crippen LogP contribution < -0.4 is 5.73 Å². The monoisotopic (exact) mass is 498 g/mol. The van der Waals surface area contributed by atoms with Crippen LogP contribution in [0.1, 0.15) is 194 Å². The third-order valence-corrected chi connectivity index (χ3v) is 7.05. The number of nitrogens with two attached hydrogens (primary N) is 1. The molecule has 0 atom stereocenters. The van der Waals surface area contributed by atoms with Gasteiger partial charge < -0.3 is 10.8 Å². The molecule has 0 unspecified atom stereocenters. The van der Waals surface area contributed by atoms with Crippen molar-refractivity contribution in [1.29, 1.82) is 0 Å². The second kappa shape index (κ2) is 35.6. The first-order valence-corrected chi connectivity index (χ1v) is 16.1. The summed E-state index contributed by atoms with van der Waals surface area (Å²) in [5.41, 5.74) is 5.45. The maximum absolute atomic E-state index is 10.3. The normalized spacial score (nSPS) is 10.8. The zero-order chi connectivity index (χ0) is 26.1. The number of hydrogen-bond donors (Lipinski definition) is 2. The van der Waals surface area contributed by atoms with E-state index in [0.717, 1.165) is 19.4 Å². The molecule has 0 aliphatic heterocycles.